The van der Waals surface area contributed by atoms with Crippen molar-refractivity contribution in [2.75, 3.05) is 6.61 Å². The molecule has 38 heavy (non-hydrogen) atoms. The molecule has 0 spiro atoms. The van der Waals surface area contributed by atoms with Gasteiger partial charge in [-0.05, 0) is 12.5 Å². The molecule has 0 bridgehead atoms. The number of nitrogens with zero attached hydrogens (tertiary/aromatic N) is 1. The summed E-state index contributed by atoms with van der Waals surface area (Å²) in [6, 6.07) is 3.54. The molecular formula is C28H45NO9. The summed E-state index contributed by atoms with van der Waals surface area (Å²) in [6.07, 6.45) is 7.90. The summed E-state index contributed by atoms with van der Waals surface area (Å²) in [5, 5.41) is 50.9. The fraction of sp³-hybridized carbons (Fsp3) is 0.750. The van der Waals surface area contributed by atoms with Gasteiger partial charge in [-0.15, -0.1) is 0 Å². The maximum absolute atomic E-state index is 13.0. The highest BCUT2D eigenvalue weighted by Crippen LogP contribution is 2.30. The third kappa shape index (κ3) is 10.2. The number of hydrogen-bond donors (Lipinski definition) is 4. The van der Waals surface area contributed by atoms with Crippen molar-refractivity contribution in [3.8, 4) is 5.75 Å². The van der Waals surface area contributed by atoms with Crippen LogP contribution in [0.2, 0.25) is 0 Å². The molecule has 0 saturated carbocycles. The number of unbranched alkanes of at least 4 members (excludes halogenated alkanes) is 12. The highest BCUT2D eigenvalue weighted by molar-refractivity contribution is 5.99. The third-order valence-corrected chi connectivity index (χ3v) is 7.07. The zero-order chi connectivity index (χ0) is 27.9. The van der Waals surface area contributed by atoms with Crippen LogP contribution in [0.1, 0.15) is 107 Å². The van der Waals surface area contributed by atoms with Gasteiger partial charge in [-0.3, -0.25) is 14.9 Å². The van der Waals surface area contributed by atoms with Crippen LogP contribution in [0.5, 0.6) is 5.75 Å². The first-order valence-corrected chi connectivity index (χ1v) is 14.1. The van der Waals surface area contributed by atoms with E-state index in [1.54, 1.807) is 0 Å². The molecule has 0 unspecified atom stereocenters. The van der Waals surface area contributed by atoms with Crippen LogP contribution in [0.3, 0.4) is 0 Å². The predicted molar refractivity (Wildman–Crippen MR) is 142 cm³/mol. The fourth-order valence-corrected chi connectivity index (χ4v) is 4.68. The zero-order valence-corrected chi connectivity index (χ0v) is 22.5. The van der Waals surface area contributed by atoms with E-state index in [9.17, 15) is 35.3 Å². The minimum Gasteiger partial charge on any atom is -0.461 e. The van der Waals surface area contributed by atoms with Crippen molar-refractivity contribution < 1.29 is 39.6 Å². The van der Waals surface area contributed by atoms with E-state index in [1.165, 1.54) is 69.9 Å². The number of Topliss-reactive ketones (excluding diaryl/α,β-unsaturated/α-hetero) is 1. The molecule has 0 aliphatic carbocycles. The lowest BCUT2D eigenvalue weighted by atomic mass is 9.99. The van der Waals surface area contributed by atoms with Gasteiger partial charge in [-0.1, -0.05) is 84.0 Å². The number of benzene rings is 1. The molecule has 0 radical (unpaired) electrons. The highest BCUT2D eigenvalue weighted by Gasteiger charge is 2.45. The Morgan fingerprint density at radius 1 is 0.895 bits per heavy atom. The number of nitro benzene ring substituents is 1. The second kappa shape index (κ2) is 17.5. The molecule has 4 N–H and O–H groups in total. The summed E-state index contributed by atoms with van der Waals surface area (Å²) in [6.45, 7) is 1.60. The van der Waals surface area contributed by atoms with Crippen LogP contribution in [0.25, 0.3) is 0 Å². The standard InChI is InChI=1S/C28H45NO9/c1-2-3-4-5-6-7-8-9-10-11-12-13-14-15-22(31)21-18-20(29(35)36)16-17-23(21)37-28-27(34)26(33)25(32)24(19-30)38-28/h16-18,24-28,30,32-34H,2-15,19H2,1H3/t24-,25-,26+,27-,28+/m1/s1. The van der Waals surface area contributed by atoms with Crippen LogP contribution in [-0.4, -0.2) is 68.4 Å². The molecule has 10 nitrogen and oxygen atoms in total. The molecule has 1 fully saturated rings. The van der Waals surface area contributed by atoms with E-state index in [-0.39, 0.29) is 29.2 Å². The number of ketones is 1. The van der Waals surface area contributed by atoms with Crippen molar-refractivity contribution in [2.24, 2.45) is 0 Å². The smallest absolute Gasteiger partial charge is 0.270 e. The van der Waals surface area contributed by atoms with E-state index in [2.05, 4.69) is 6.92 Å². The van der Waals surface area contributed by atoms with Crippen molar-refractivity contribution in [1.29, 1.82) is 0 Å². The van der Waals surface area contributed by atoms with Gasteiger partial charge in [0.1, 0.15) is 30.2 Å². The van der Waals surface area contributed by atoms with Crippen LogP contribution in [0, 0.1) is 10.1 Å². The topological polar surface area (TPSA) is 160 Å². The van der Waals surface area contributed by atoms with E-state index in [0.717, 1.165) is 25.3 Å². The van der Waals surface area contributed by atoms with Crippen LogP contribution in [-0.2, 0) is 4.74 Å². The highest BCUT2D eigenvalue weighted by atomic mass is 16.7. The van der Waals surface area contributed by atoms with E-state index < -0.39 is 42.2 Å². The Labute approximate surface area is 225 Å². The van der Waals surface area contributed by atoms with E-state index in [0.29, 0.717) is 6.42 Å². The number of ether oxygens (including phenoxy) is 2. The Bertz CT molecular complexity index is 848. The van der Waals surface area contributed by atoms with Crippen LogP contribution < -0.4 is 4.74 Å². The molecule has 10 heteroatoms. The largest absolute Gasteiger partial charge is 0.461 e. The lowest BCUT2D eigenvalue weighted by Gasteiger charge is -2.39. The number of rotatable bonds is 19. The van der Waals surface area contributed by atoms with Crippen molar-refractivity contribution >= 4 is 11.5 Å². The summed E-state index contributed by atoms with van der Waals surface area (Å²) < 4.78 is 11.0. The molecule has 5 atom stereocenters. The zero-order valence-electron chi connectivity index (χ0n) is 22.5. The van der Waals surface area contributed by atoms with Gasteiger partial charge in [0.05, 0.1) is 17.1 Å². The molecular weight excluding hydrogens is 494 g/mol. The average molecular weight is 540 g/mol. The van der Waals surface area contributed by atoms with Crippen molar-refractivity contribution in [1.82, 2.24) is 0 Å². The van der Waals surface area contributed by atoms with Gasteiger partial charge in [-0.2, -0.15) is 0 Å². The number of non-ortho nitro benzene ring substituents is 1. The van der Waals surface area contributed by atoms with Crippen LogP contribution in [0.15, 0.2) is 18.2 Å². The minimum absolute atomic E-state index is 0.0184. The Morgan fingerprint density at radius 3 is 1.97 bits per heavy atom. The second-order valence-electron chi connectivity index (χ2n) is 10.2. The first kappa shape index (κ1) is 32.1. The van der Waals surface area contributed by atoms with Gasteiger partial charge in [0.15, 0.2) is 5.78 Å². The summed E-state index contributed by atoms with van der Waals surface area (Å²) in [5.74, 6) is -0.379. The Hall–Kier alpha value is -2.11. The maximum Gasteiger partial charge on any atom is 0.270 e. The average Bonchev–Trinajstić information content (AvgIpc) is 2.91. The molecule has 0 amide bonds. The Morgan fingerprint density at radius 2 is 1.45 bits per heavy atom. The summed E-state index contributed by atoms with van der Waals surface area (Å²) in [7, 11) is 0. The molecule has 0 aromatic heterocycles. The molecule has 1 aliphatic heterocycles. The first-order chi connectivity index (χ1) is 18.3. The predicted octanol–water partition coefficient (Wildman–Crippen LogP) is 4.44. The SMILES string of the molecule is CCCCCCCCCCCCCCCC(=O)c1cc([N+](=O)[O-])ccc1O[C@H]1O[C@H](CO)[C@@H](O)[C@H](O)[C@H]1O. The van der Waals surface area contributed by atoms with Gasteiger partial charge in [-0.25, -0.2) is 0 Å². The van der Waals surface area contributed by atoms with Crippen molar-refractivity contribution in [2.45, 2.75) is 128 Å². The summed E-state index contributed by atoms with van der Waals surface area (Å²) in [5.41, 5.74) is -0.296. The van der Waals surface area contributed by atoms with Gasteiger partial charge in [0.2, 0.25) is 6.29 Å². The number of nitro groups is 1. The van der Waals surface area contributed by atoms with Gasteiger partial charge in [0, 0.05) is 18.6 Å². The summed E-state index contributed by atoms with van der Waals surface area (Å²) in [4.78, 5) is 23.6. The fourth-order valence-electron chi connectivity index (χ4n) is 4.68. The molecule has 1 heterocycles. The normalized spacial score (nSPS) is 23.3. The Kier molecular flexibility index (Phi) is 14.8. The van der Waals surface area contributed by atoms with Crippen molar-refractivity contribution in [3.05, 3.63) is 33.9 Å². The lowest BCUT2D eigenvalue weighted by Crippen LogP contribution is -2.60. The second-order valence-corrected chi connectivity index (χ2v) is 10.2. The molecule has 1 aromatic rings. The van der Waals surface area contributed by atoms with Crippen molar-refractivity contribution in [3.63, 3.8) is 0 Å². The maximum atomic E-state index is 13.0. The lowest BCUT2D eigenvalue weighted by molar-refractivity contribution is -0.384. The van der Waals surface area contributed by atoms with Gasteiger partial charge < -0.3 is 29.9 Å². The number of aliphatic hydroxyl groups is 4. The van der Waals surface area contributed by atoms with Crippen LogP contribution in [0.4, 0.5) is 5.69 Å². The number of carbonyl (C=O) groups excluding carboxylic acids is 1. The minimum atomic E-state index is -1.66. The molecule has 1 aromatic carbocycles. The monoisotopic (exact) mass is 539 g/mol. The number of aliphatic hydroxyl groups excluding tert-OH is 4. The van der Waals surface area contributed by atoms with Crippen LogP contribution >= 0.6 is 0 Å². The van der Waals surface area contributed by atoms with E-state index >= 15 is 0 Å². The Balaban J connectivity index is 1.82. The molecule has 1 aliphatic rings. The molecule has 2 rings (SSSR count). The quantitative estimate of drug-likeness (QED) is 0.0862. The molecule has 216 valence electrons. The van der Waals surface area contributed by atoms with E-state index in [1.807, 2.05) is 0 Å². The first-order valence-electron chi connectivity index (χ1n) is 14.1. The number of carbonyl (C=O) groups is 1. The van der Waals surface area contributed by atoms with Gasteiger partial charge in [0.25, 0.3) is 5.69 Å². The van der Waals surface area contributed by atoms with Gasteiger partial charge >= 0.3 is 0 Å². The third-order valence-electron chi connectivity index (χ3n) is 7.07. The summed E-state index contributed by atoms with van der Waals surface area (Å²) >= 11 is 0. The molecule has 1 saturated heterocycles. The van der Waals surface area contributed by atoms with E-state index in [4.69, 9.17) is 9.47 Å². The number of hydrogen-bond acceptors (Lipinski definition) is 9.